The SMILES string of the molecule is Cc1ccc(C)c(NC(=O)CN(C)C(=O)/C=C/c2cccc3cccnc23)c1. The fourth-order valence-electron chi connectivity index (χ4n) is 2.90. The van der Waals surface area contributed by atoms with Crippen molar-refractivity contribution >= 4 is 34.5 Å². The lowest BCUT2D eigenvalue weighted by Crippen LogP contribution is -2.34. The molecule has 0 radical (unpaired) electrons. The third-order valence-corrected chi connectivity index (χ3v) is 4.49. The summed E-state index contributed by atoms with van der Waals surface area (Å²) in [6.07, 6.45) is 4.93. The topological polar surface area (TPSA) is 62.3 Å². The molecule has 0 saturated heterocycles. The van der Waals surface area contributed by atoms with Gasteiger partial charge in [0.15, 0.2) is 0 Å². The Hall–Kier alpha value is -3.47. The minimum atomic E-state index is -0.246. The van der Waals surface area contributed by atoms with E-state index in [1.807, 2.05) is 62.4 Å². The number of nitrogens with zero attached hydrogens (tertiary/aromatic N) is 2. The first-order valence-electron chi connectivity index (χ1n) is 9.08. The largest absolute Gasteiger partial charge is 0.333 e. The van der Waals surface area contributed by atoms with E-state index in [9.17, 15) is 9.59 Å². The van der Waals surface area contributed by atoms with Crippen LogP contribution in [0.25, 0.3) is 17.0 Å². The highest BCUT2D eigenvalue weighted by atomic mass is 16.2. The van der Waals surface area contributed by atoms with Crippen molar-refractivity contribution in [2.45, 2.75) is 13.8 Å². The molecule has 0 fully saturated rings. The Morgan fingerprint density at radius 1 is 1.11 bits per heavy atom. The van der Waals surface area contributed by atoms with Gasteiger partial charge in [-0.2, -0.15) is 0 Å². The molecule has 1 aromatic heterocycles. The number of para-hydroxylation sites is 1. The van der Waals surface area contributed by atoms with Crippen molar-refractivity contribution < 1.29 is 9.59 Å². The summed E-state index contributed by atoms with van der Waals surface area (Å²) in [5.41, 5.74) is 4.51. The van der Waals surface area contributed by atoms with Gasteiger partial charge in [0.25, 0.3) is 0 Å². The fraction of sp³-hybridized carbons (Fsp3) is 0.174. The fourth-order valence-corrected chi connectivity index (χ4v) is 2.90. The van der Waals surface area contributed by atoms with Crippen molar-refractivity contribution in [1.29, 1.82) is 0 Å². The normalized spacial score (nSPS) is 11.0. The van der Waals surface area contributed by atoms with Crippen LogP contribution in [0.4, 0.5) is 5.69 Å². The van der Waals surface area contributed by atoms with Gasteiger partial charge in [-0.1, -0.05) is 36.4 Å². The average Bonchev–Trinajstić information content (AvgIpc) is 2.68. The van der Waals surface area contributed by atoms with E-state index in [0.29, 0.717) is 0 Å². The first-order chi connectivity index (χ1) is 13.4. The highest BCUT2D eigenvalue weighted by Crippen LogP contribution is 2.18. The van der Waals surface area contributed by atoms with E-state index >= 15 is 0 Å². The third kappa shape index (κ3) is 4.62. The molecule has 3 aromatic rings. The molecular weight excluding hydrogens is 350 g/mol. The van der Waals surface area contributed by atoms with Crippen molar-refractivity contribution in [2.75, 3.05) is 18.9 Å². The standard InChI is InChI=1S/C23H23N3O2/c1-16-9-10-17(2)20(14-16)25-21(27)15-26(3)22(28)12-11-19-7-4-6-18-8-5-13-24-23(18)19/h4-14H,15H2,1-3H3,(H,25,27)/b12-11+. The number of benzene rings is 2. The predicted molar refractivity (Wildman–Crippen MR) is 113 cm³/mol. The quantitative estimate of drug-likeness (QED) is 0.689. The van der Waals surface area contributed by atoms with Crippen LogP contribution in [0.2, 0.25) is 0 Å². The van der Waals surface area contributed by atoms with E-state index in [0.717, 1.165) is 33.3 Å². The number of aromatic nitrogens is 1. The maximum atomic E-state index is 12.4. The van der Waals surface area contributed by atoms with E-state index in [2.05, 4.69) is 10.3 Å². The number of hydrogen-bond donors (Lipinski definition) is 1. The van der Waals surface area contributed by atoms with Gasteiger partial charge < -0.3 is 10.2 Å². The Bertz CT molecular complexity index is 1050. The monoisotopic (exact) mass is 373 g/mol. The van der Waals surface area contributed by atoms with Crippen LogP contribution in [0.5, 0.6) is 0 Å². The van der Waals surface area contributed by atoms with Crippen molar-refractivity contribution in [2.24, 2.45) is 0 Å². The minimum Gasteiger partial charge on any atom is -0.333 e. The van der Waals surface area contributed by atoms with Gasteiger partial charge >= 0.3 is 0 Å². The van der Waals surface area contributed by atoms with Gasteiger partial charge in [0.05, 0.1) is 12.1 Å². The molecule has 2 aromatic carbocycles. The molecule has 1 N–H and O–H groups in total. The molecule has 142 valence electrons. The highest BCUT2D eigenvalue weighted by molar-refractivity contribution is 5.99. The van der Waals surface area contributed by atoms with Gasteiger partial charge in [0.1, 0.15) is 0 Å². The van der Waals surface area contributed by atoms with Crippen LogP contribution >= 0.6 is 0 Å². The van der Waals surface area contributed by atoms with E-state index in [1.165, 1.54) is 11.0 Å². The number of aryl methyl sites for hydroxylation is 2. The molecule has 2 amide bonds. The Labute approximate surface area is 164 Å². The number of carbonyl (C=O) groups is 2. The third-order valence-electron chi connectivity index (χ3n) is 4.49. The molecule has 5 nitrogen and oxygen atoms in total. The second kappa shape index (κ2) is 8.48. The summed E-state index contributed by atoms with van der Waals surface area (Å²) in [7, 11) is 1.61. The summed E-state index contributed by atoms with van der Waals surface area (Å²) in [6.45, 7) is 3.88. The molecule has 0 atom stereocenters. The summed E-state index contributed by atoms with van der Waals surface area (Å²) in [5, 5.41) is 3.88. The summed E-state index contributed by atoms with van der Waals surface area (Å²) in [6, 6.07) is 15.5. The van der Waals surface area contributed by atoms with E-state index < -0.39 is 0 Å². The van der Waals surface area contributed by atoms with Crippen LogP contribution in [0, 0.1) is 13.8 Å². The second-order valence-electron chi connectivity index (χ2n) is 6.82. The zero-order chi connectivity index (χ0) is 20.1. The van der Waals surface area contributed by atoms with Crippen molar-refractivity contribution in [3.63, 3.8) is 0 Å². The van der Waals surface area contributed by atoms with Gasteiger partial charge in [-0.05, 0) is 43.2 Å². The Balaban J connectivity index is 1.64. The predicted octanol–water partition coefficient (Wildman–Crippen LogP) is 3.96. The summed E-state index contributed by atoms with van der Waals surface area (Å²) >= 11 is 0. The first-order valence-corrected chi connectivity index (χ1v) is 9.08. The molecule has 1 heterocycles. The van der Waals surface area contributed by atoms with Crippen LogP contribution in [-0.2, 0) is 9.59 Å². The number of anilines is 1. The molecule has 0 bridgehead atoms. The highest BCUT2D eigenvalue weighted by Gasteiger charge is 2.12. The lowest BCUT2D eigenvalue weighted by Gasteiger charge is -2.16. The molecule has 28 heavy (non-hydrogen) atoms. The van der Waals surface area contributed by atoms with Gasteiger partial charge in [-0.3, -0.25) is 14.6 Å². The molecule has 0 unspecified atom stereocenters. The van der Waals surface area contributed by atoms with Gasteiger partial charge in [0.2, 0.25) is 11.8 Å². The number of likely N-dealkylation sites (N-methyl/N-ethyl adjacent to an activating group) is 1. The van der Waals surface area contributed by atoms with Crippen molar-refractivity contribution in [3.05, 3.63) is 77.5 Å². The maximum Gasteiger partial charge on any atom is 0.246 e. The number of pyridine rings is 1. The van der Waals surface area contributed by atoms with Crippen molar-refractivity contribution in [1.82, 2.24) is 9.88 Å². The molecule has 0 aliphatic rings. The molecule has 0 saturated carbocycles. The lowest BCUT2D eigenvalue weighted by molar-refractivity contribution is -0.129. The van der Waals surface area contributed by atoms with Crippen molar-refractivity contribution in [3.8, 4) is 0 Å². The van der Waals surface area contributed by atoms with Gasteiger partial charge in [-0.15, -0.1) is 0 Å². The number of amides is 2. The first kappa shape index (κ1) is 19.3. The van der Waals surface area contributed by atoms with Crippen LogP contribution in [0.3, 0.4) is 0 Å². The van der Waals surface area contributed by atoms with Gasteiger partial charge in [0, 0.05) is 36.0 Å². The molecule has 0 spiro atoms. The lowest BCUT2D eigenvalue weighted by atomic mass is 10.1. The zero-order valence-electron chi connectivity index (χ0n) is 16.3. The molecule has 5 heteroatoms. The number of carbonyl (C=O) groups excluding carboxylic acids is 2. The molecule has 0 aliphatic carbocycles. The van der Waals surface area contributed by atoms with Crippen LogP contribution in [-0.4, -0.2) is 35.3 Å². The van der Waals surface area contributed by atoms with E-state index in [1.54, 1.807) is 19.3 Å². The van der Waals surface area contributed by atoms with Crippen LogP contribution in [0.15, 0.2) is 60.8 Å². The van der Waals surface area contributed by atoms with E-state index in [4.69, 9.17) is 0 Å². The summed E-state index contributed by atoms with van der Waals surface area (Å²) in [4.78, 5) is 30.5. The number of hydrogen-bond acceptors (Lipinski definition) is 3. The zero-order valence-corrected chi connectivity index (χ0v) is 16.3. The maximum absolute atomic E-state index is 12.4. The van der Waals surface area contributed by atoms with Crippen LogP contribution in [0.1, 0.15) is 16.7 Å². The Morgan fingerprint density at radius 3 is 2.71 bits per heavy atom. The second-order valence-corrected chi connectivity index (χ2v) is 6.82. The average molecular weight is 373 g/mol. The Kier molecular flexibility index (Phi) is 5.84. The molecule has 0 aliphatic heterocycles. The summed E-state index contributed by atoms with van der Waals surface area (Å²) < 4.78 is 0. The Morgan fingerprint density at radius 2 is 1.89 bits per heavy atom. The number of nitrogens with one attached hydrogen (secondary N) is 1. The smallest absolute Gasteiger partial charge is 0.246 e. The minimum absolute atomic E-state index is 0.0235. The summed E-state index contributed by atoms with van der Waals surface area (Å²) in [5.74, 6) is -0.478. The molecule has 3 rings (SSSR count). The van der Waals surface area contributed by atoms with E-state index in [-0.39, 0.29) is 18.4 Å². The number of rotatable bonds is 5. The van der Waals surface area contributed by atoms with Crippen LogP contribution < -0.4 is 5.32 Å². The van der Waals surface area contributed by atoms with Gasteiger partial charge in [-0.25, -0.2) is 0 Å². The molecular formula is C23H23N3O2. The number of fused-ring (bicyclic) bond motifs is 1.